The second-order valence-corrected chi connectivity index (χ2v) is 8.29. The Hall–Kier alpha value is -1.84. The number of halogens is 2. The highest BCUT2D eigenvalue weighted by Crippen LogP contribution is 2.27. The quantitative estimate of drug-likeness (QED) is 0.773. The lowest BCUT2D eigenvalue weighted by molar-refractivity contribution is 0.112. The molecule has 5 nitrogen and oxygen atoms in total. The van der Waals surface area contributed by atoms with Crippen LogP contribution in [0.2, 0.25) is 0 Å². The normalized spacial score (nSPS) is 16.3. The van der Waals surface area contributed by atoms with Gasteiger partial charge < -0.3 is 4.90 Å². The molecule has 0 spiro atoms. The van der Waals surface area contributed by atoms with Gasteiger partial charge in [0.25, 0.3) is 0 Å². The Labute approximate surface area is 142 Å². The van der Waals surface area contributed by atoms with E-state index in [-0.39, 0.29) is 18.0 Å². The molecular weight excluding hydrogens is 358 g/mol. The molecule has 1 aromatic heterocycles. The number of hydrogen-bond donors (Lipinski definition) is 0. The number of nitrogens with zero attached hydrogens (tertiary/aromatic N) is 2. The van der Waals surface area contributed by atoms with Crippen molar-refractivity contribution >= 4 is 32.6 Å². The van der Waals surface area contributed by atoms with Crippen molar-refractivity contribution in [2.75, 3.05) is 31.1 Å². The van der Waals surface area contributed by atoms with Gasteiger partial charge in [0.2, 0.25) is 10.0 Å². The molecule has 0 unspecified atom stereocenters. The van der Waals surface area contributed by atoms with Crippen LogP contribution in [0.4, 0.5) is 13.8 Å². The molecule has 0 aliphatic carbocycles. The Morgan fingerprint density at radius 1 is 1.00 bits per heavy atom. The van der Waals surface area contributed by atoms with Crippen molar-refractivity contribution in [2.45, 2.75) is 4.90 Å². The van der Waals surface area contributed by atoms with Crippen molar-refractivity contribution in [1.29, 1.82) is 0 Å². The van der Waals surface area contributed by atoms with E-state index in [9.17, 15) is 22.0 Å². The van der Waals surface area contributed by atoms with E-state index in [0.29, 0.717) is 24.0 Å². The van der Waals surface area contributed by atoms with Crippen molar-refractivity contribution in [1.82, 2.24) is 4.31 Å². The average Bonchev–Trinajstić information content (AvgIpc) is 3.06. The highest BCUT2D eigenvalue weighted by molar-refractivity contribution is 7.89. The minimum absolute atomic E-state index is 0.232. The van der Waals surface area contributed by atoms with Gasteiger partial charge in [-0.05, 0) is 30.3 Å². The first-order valence-electron chi connectivity index (χ1n) is 7.17. The van der Waals surface area contributed by atoms with E-state index in [1.165, 1.54) is 15.6 Å². The molecule has 0 atom stereocenters. The zero-order valence-corrected chi connectivity index (χ0v) is 14.1. The second kappa shape index (κ2) is 6.58. The van der Waals surface area contributed by atoms with E-state index in [1.807, 2.05) is 11.0 Å². The molecule has 1 saturated heterocycles. The summed E-state index contributed by atoms with van der Waals surface area (Å²) < 4.78 is 52.6. The van der Waals surface area contributed by atoms with Crippen molar-refractivity contribution in [3.05, 3.63) is 46.8 Å². The summed E-state index contributed by atoms with van der Waals surface area (Å²) in [4.78, 5) is 13.1. The van der Waals surface area contributed by atoms with Crippen LogP contribution in [0.3, 0.4) is 0 Å². The van der Waals surface area contributed by atoms with E-state index >= 15 is 0 Å². The zero-order valence-electron chi connectivity index (χ0n) is 12.5. The van der Waals surface area contributed by atoms with E-state index in [0.717, 1.165) is 23.4 Å². The van der Waals surface area contributed by atoms with E-state index in [2.05, 4.69) is 0 Å². The molecule has 1 fully saturated rings. The highest BCUT2D eigenvalue weighted by Gasteiger charge is 2.29. The highest BCUT2D eigenvalue weighted by atomic mass is 32.2. The lowest BCUT2D eigenvalue weighted by Crippen LogP contribution is -2.48. The molecule has 2 heterocycles. The number of thiophene rings is 1. The first kappa shape index (κ1) is 17.0. The average molecular weight is 372 g/mol. The van der Waals surface area contributed by atoms with Gasteiger partial charge in [0.15, 0.2) is 17.9 Å². The Bertz CT molecular complexity index is 859. The lowest BCUT2D eigenvalue weighted by Gasteiger charge is -2.34. The molecule has 9 heteroatoms. The molecule has 1 aliphatic heterocycles. The molecule has 24 heavy (non-hydrogen) atoms. The van der Waals surface area contributed by atoms with Gasteiger partial charge in [-0.1, -0.05) is 0 Å². The minimum Gasteiger partial charge on any atom is -0.361 e. The van der Waals surface area contributed by atoms with Crippen LogP contribution in [-0.4, -0.2) is 45.2 Å². The summed E-state index contributed by atoms with van der Waals surface area (Å²) in [5, 5.41) is 0.905. The molecular formula is C15H14F2N2O3S2. The Morgan fingerprint density at radius 2 is 1.71 bits per heavy atom. The van der Waals surface area contributed by atoms with Gasteiger partial charge in [-0.25, -0.2) is 17.2 Å². The van der Waals surface area contributed by atoms with E-state index in [4.69, 9.17) is 0 Å². The molecule has 0 bridgehead atoms. The molecule has 3 rings (SSSR count). The standard InChI is InChI=1S/C15H14F2N2O3S2/c16-13-3-2-12(9-14(13)17)24(21,22)19-7-5-18(6-8-19)15-4-1-11(10-20)23-15/h1-4,9-10H,5-8H2. The largest absolute Gasteiger partial charge is 0.361 e. The summed E-state index contributed by atoms with van der Waals surface area (Å²) in [6.45, 7) is 1.38. The molecule has 0 amide bonds. The molecule has 1 aromatic carbocycles. The fraction of sp³-hybridized carbons (Fsp3) is 0.267. The summed E-state index contributed by atoms with van der Waals surface area (Å²) in [7, 11) is -3.86. The fourth-order valence-electron chi connectivity index (χ4n) is 2.51. The maximum Gasteiger partial charge on any atom is 0.243 e. The third kappa shape index (κ3) is 3.19. The summed E-state index contributed by atoms with van der Waals surface area (Å²) in [5.41, 5.74) is 0. The monoisotopic (exact) mass is 372 g/mol. The van der Waals surface area contributed by atoms with Gasteiger partial charge in [-0.3, -0.25) is 4.79 Å². The third-order valence-electron chi connectivity index (χ3n) is 3.81. The summed E-state index contributed by atoms with van der Waals surface area (Å²) >= 11 is 1.35. The number of carbonyl (C=O) groups excluding carboxylic acids is 1. The van der Waals surface area contributed by atoms with Crippen LogP contribution in [0.1, 0.15) is 9.67 Å². The van der Waals surface area contributed by atoms with E-state index in [1.54, 1.807) is 6.07 Å². The van der Waals surface area contributed by atoms with Gasteiger partial charge in [-0.15, -0.1) is 11.3 Å². The number of hydrogen-bond acceptors (Lipinski definition) is 5. The first-order chi connectivity index (χ1) is 11.4. The van der Waals surface area contributed by atoms with Crippen LogP contribution in [0, 0.1) is 11.6 Å². The maximum atomic E-state index is 13.3. The SMILES string of the molecule is O=Cc1ccc(N2CCN(S(=O)(=O)c3ccc(F)c(F)c3)CC2)s1. The Kier molecular flexibility index (Phi) is 4.66. The van der Waals surface area contributed by atoms with Crippen LogP contribution in [0.15, 0.2) is 35.2 Å². The van der Waals surface area contributed by atoms with Crippen molar-refractivity contribution in [2.24, 2.45) is 0 Å². The number of anilines is 1. The number of rotatable bonds is 4. The predicted octanol–water partition coefficient (Wildman–Crippen LogP) is 2.35. The number of sulfonamides is 1. The number of carbonyl (C=O) groups is 1. The molecule has 1 aliphatic rings. The lowest BCUT2D eigenvalue weighted by atomic mass is 10.3. The van der Waals surface area contributed by atoms with Gasteiger partial charge >= 0.3 is 0 Å². The van der Waals surface area contributed by atoms with Gasteiger partial charge in [0.05, 0.1) is 14.8 Å². The smallest absolute Gasteiger partial charge is 0.243 e. The van der Waals surface area contributed by atoms with Crippen LogP contribution < -0.4 is 4.90 Å². The van der Waals surface area contributed by atoms with Crippen molar-refractivity contribution in [3.63, 3.8) is 0 Å². The van der Waals surface area contributed by atoms with Gasteiger partial charge in [0.1, 0.15) is 0 Å². The molecule has 2 aromatic rings. The van der Waals surface area contributed by atoms with Crippen molar-refractivity contribution in [3.8, 4) is 0 Å². The second-order valence-electron chi connectivity index (χ2n) is 5.26. The predicted molar refractivity (Wildman–Crippen MR) is 87.0 cm³/mol. The molecule has 0 radical (unpaired) electrons. The van der Waals surface area contributed by atoms with Crippen LogP contribution in [0.25, 0.3) is 0 Å². The fourth-order valence-corrected chi connectivity index (χ4v) is 4.82. The number of aldehydes is 1. The summed E-state index contributed by atoms with van der Waals surface area (Å²) in [6.07, 6.45) is 0.776. The first-order valence-corrected chi connectivity index (χ1v) is 9.42. The van der Waals surface area contributed by atoms with Crippen molar-refractivity contribution < 1.29 is 22.0 Å². The van der Waals surface area contributed by atoms with Crippen LogP contribution >= 0.6 is 11.3 Å². The maximum absolute atomic E-state index is 13.3. The third-order valence-corrected chi connectivity index (χ3v) is 6.77. The van der Waals surface area contributed by atoms with Crippen LogP contribution in [-0.2, 0) is 10.0 Å². The minimum atomic E-state index is -3.86. The molecule has 0 saturated carbocycles. The molecule has 0 N–H and O–H groups in total. The number of benzene rings is 1. The Balaban J connectivity index is 1.73. The topological polar surface area (TPSA) is 57.7 Å². The van der Waals surface area contributed by atoms with Gasteiger partial charge in [0, 0.05) is 26.2 Å². The number of piperazine rings is 1. The Morgan fingerprint density at radius 3 is 2.29 bits per heavy atom. The summed E-state index contributed by atoms with van der Waals surface area (Å²) in [6, 6.07) is 6.12. The molecule has 128 valence electrons. The van der Waals surface area contributed by atoms with E-state index < -0.39 is 21.7 Å². The van der Waals surface area contributed by atoms with Gasteiger partial charge in [-0.2, -0.15) is 4.31 Å². The summed E-state index contributed by atoms with van der Waals surface area (Å²) in [5.74, 6) is -2.27. The zero-order chi connectivity index (χ0) is 17.3. The van der Waals surface area contributed by atoms with Crippen LogP contribution in [0.5, 0.6) is 0 Å².